The second kappa shape index (κ2) is 7.67. The second-order valence-electron chi connectivity index (χ2n) is 6.87. The smallest absolute Gasteiger partial charge is 0.253 e. The van der Waals surface area contributed by atoms with E-state index >= 15 is 0 Å². The minimum absolute atomic E-state index is 0.0257. The van der Waals surface area contributed by atoms with Crippen LogP contribution in [-0.4, -0.2) is 48.2 Å². The highest BCUT2D eigenvalue weighted by Crippen LogP contribution is 2.30. The Balaban J connectivity index is 1.64. The largest absolute Gasteiger partial charge is 0.393 e. The van der Waals surface area contributed by atoms with Gasteiger partial charge in [0, 0.05) is 37.4 Å². The van der Waals surface area contributed by atoms with Gasteiger partial charge in [-0.3, -0.25) is 4.79 Å². The highest BCUT2D eigenvalue weighted by molar-refractivity contribution is 5.94. The highest BCUT2D eigenvalue weighted by Gasteiger charge is 2.27. The number of piperidine rings is 1. The lowest BCUT2D eigenvalue weighted by Crippen LogP contribution is -2.36. The summed E-state index contributed by atoms with van der Waals surface area (Å²) in [7, 11) is 0. The first-order chi connectivity index (χ1) is 11.7. The number of aliphatic hydroxyl groups excluding tert-OH is 1. The molecule has 0 bridgehead atoms. The van der Waals surface area contributed by atoms with Gasteiger partial charge in [0.25, 0.3) is 5.91 Å². The van der Waals surface area contributed by atoms with Gasteiger partial charge in [-0.2, -0.15) is 5.26 Å². The molecule has 5 nitrogen and oxygen atoms in total. The van der Waals surface area contributed by atoms with Crippen LogP contribution in [0.1, 0.15) is 42.5 Å². The molecule has 0 radical (unpaired) electrons. The Morgan fingerprint density at radius 2 is 1.88 bits per heavy atom. The summed E-state index contributed by atoms with van der Waals surface area (Å²) in [5.74, 6) is 0.643. The number of hydrogen-bond donors (Lipinski definition) is 1. The fraction of sp³-hybridized carbons (Fsp3) is 0.579. The number of aliphatic hydroxyl groups is 1. The van der Waals surface area contributed by atoms with E-state index in [-0.39, 0.29) is 12.0 Å². The van der Waals surface area contributed by atoms with Crippen LogP contribution in [0, 0.1) is 17.2 Å². The van der Waals surface area contributed by atoms with E-state index < -0.39 is 0 Å². The van der Waals surface area contributed by atoms with Crippen LogP contribution in [0.3, 0.4) is 0 Å². The van der Waals surface area contributed by atoms with E-state index in [0.29, 0.717) is 24.4 Å². The summed E-state index contributed by atoms with van der Waals surface area (Å²) in [6, 6.07) is 9.88. The number of rotatable bonds is 6. The predicted octanol–water partition coefficient (Wildman–Crippen LogP) is 2.41. The molecule has 1 aliphatic carbocycles. The summed E-state index contributed by atoms with van der Waals surface area (Å²) < 4.78 is 0. The number of carbonyl (C=O) groups excluding carboxylic acids is 1. The van der Waals surface area contributed by atoms with Crippen molar-refractivity contribution in [2.75, 3.05) is 31.1 Å². The van der Waals surface area contributed by atoms with Crippen molar-refractivity contribution in [1.29, 1.82) is 5.26 Å². The van der Waals surface area contributed by atoms with Crippen LogP contribution in [0.15, 0.2) is 24.3 Å². The molecule has 2 fully saturated rings. The number of benzene rings is 1. The first-order valence-electron chi connectivity index (χ1n) is 8.86. The normalized spacial score (nSPS) is 18.2. The fourth-order valence-electron chi connectivity index (χ4n) is 3.19. The Hall–Kier alpha value is -2.06. The van der Waals surface area contributed by atoms with Gasteiger partial charge in [-0.15, -0.1) is 0 Å². The third kappa shape index (κ3) is 4.27. The molecule has 0 spiro atoms. The van der Waals surface area contributed by atoms with Crippen LogP contribution in [-0.2, 0) is 0 Å². The molecule has 5 heteroatoms. The molecule has 1 saturated heterocycles. The maximum Gasteiger partial charge on any atom is 0.253 e. The molecule has 24 heavy (non-hydrogen) atoms. The zero-order valence-corrected chi connectivity index (χ0v) is 14.0. The third-order valence-electron chi connectivity index (χ3n) is 4.90. The molecule has 2 aliphatic rings. The summed E-state index contributed by atoms with van der Waals surface area (Å²) in [4.78, 5) is 16.8. The van der Waals surface area contributed by atoms with E-state index in [2.05, 4.69) is 11.0 Å². The zero-order chi connectivity index (χ0) is 16.9. The molecule has 0 unspecified atom stereocenters. The lowest BCUT2D eigenvalue weighted by atomic mass is 10.1. The van der Waals surface area contributed by atoms with Crippen molar-refractivity contribution in [2.45, 2.75) is 38.2 Å². The van der Waals surface area contributed by atoms with Gasteiger partial charge >= 0.3 is 0 Å². The van der Waals surface area contributed by atoms with Crippen LogP contribution < -0.4 is 4.90 Å². The predicted molar refractivity (Wildman–Crippen MR) is 92.8 cm³/mol. The van der Waals surface area contributed by atoms with Crippen LogP contribution in [0.4, 0.5) is 5.69 Å². The van der Waals surface area contributed by atoms with Crippen LogP contribution in [0.25, 0.3) is 0 Å². The molecule has 1 amide bonds. The zero-order valence-electron chi connectivity index (χ0n) is 14.0. The lowest BCUT2D eigenvalue weighted by Gasteiger charge is -2.31. The molecule has 1 aliphatic heterocycles. The molecule has 1 aromatic carbocycles. The molecule has 0 atom stereocenters. The van der Waals surface area contributed by atoms with Crippen molar-refractivity contribution in [3.8, 4) is 6.07 Å². The summed E-state index contributed by atoms with van der Waals surface area (Å²) in [5.41, 5.74) is 1.79. The first-order valence-corrected chi connectivity index (χ1v) is 8.86. The number of nitriles is 1. The van der Waals surface area contributed by atoms with Gasteiger partial charge in [-0.1, -0.05) is 0 Å². The van der Waals surface area contributed by atoms with E-state index in [1.54, 1.807) is 0 Å². The topological polar surface area (TPSA) is 67.6 Å². The number of nitrogens with zero attached hydrogens (tertiary/aromatic N) is 3. The van der Waals surface area contributed by atoms with Gasteiger partial charge in [-0.25, -0.2) is 0 Å². The maximum atomic E-state index is 12.7. The number of hydrogen-bond acceptors (Lipinski definition) is 4. The number of amides is 1. The van der Waals surface area contributed by atoms with Crippen LogP contribution in [0.2, 0.25) is 0 Å². The van der Waals surface area contributed by atoms with Crippen molar-refractivity contribution < 1.29 is 9.90 Å². The molecular weight excluding hydrogens is 302 g/mol. The molecular formula is C19H25N3O2. The maximum absolute atomic E-state index is 12.7. The number of carbonyl (C=O) groups is 1. The summed E-state index contributed by atoms with van der Waals surface area (Å²) in [6.07, 6.45) is 4.17. The van der Waals surface area contributed by atoms with E-state index in [9.17, 15) is 9.90 Å². The molecule has 0 aromatic heterocycles. The minimum atomic E-state index is -0.182. The van der Waals surface area contributed by atoms with Crippen molar-refractivity contribution in [3.05, 3.63) is 29.8 Å². The van der Waals surface area contributed by atoms with Gasteiger partial charge in [0.1, 0.15) is 0 Å². The number of anilines is 1. The first kappa shape index (κ1) is 16.8. The van der Waals surface area contributed by atoms with E-state index in [1.807, 2.05) is 29.2 Å². The quantitative estimate of drug-likeness (QED) is 0.871. The average molecular weight is 327 g/mol. The Labute approximate surface area is 143 Å². The Bertz CT molecular complexity index is 596. The molecule has 1 heterocycles. The van der Waals surface area contributed by atoms with E-state index in [4.69, 9.17) is 5.26 Å². The molecule has 1 saturated carbocycles. The fourth-order valence-corrected chi connectivity index (χ4v) is 3.19. The molecule has 3 rings (SSSR count). The van der Waals surface area contributed by atoms with Gasteiger partial charge < -0.3 is 14.9 Å². The molecule has 1 N–H and O–H groups in total. The van der Waals surface area contributed by atoms with Crippen molar-refractivity contribution in [2.24, 2.45) is 5.92 Å². The van der Waals surface area contributed by atoms with Crippen molar-refractivity contribution in [3.63, 3.8) is 0 Å². The standard InChI is InChI=1S/C19H25N3O2/c20-10-1-11-22(14-15-2-3-15)19(24)16-4-6-17(7-5-16)21-12-8-18(23)9-13-21/h4-7,15,18,23H,1-3,8-9,11-14H2. The lowest BCUT2D eigenvalue weighted by molar-refractivity contribution is 0.0751. The summed E-state index contributed by atoms with van der Waals surface area (Å²) in [5, 5.41) is 18.4. The van der Waals surface area contributed by atoms with Crippen molar-refractivity contribution in [1.82, 2.24) is 4.90 Å². The molecule has 128 valence electrons. The van der Waals surface area contributed by atoms with Crippen molar-refractivity contribution >= 4 is 11.6 Å². The summed E-state index contributed by atoms with van der Waals surface area (Å²) in [6.45, 7) is 2.98. The Morgan fingerprint density at radius 3 is 2.46 bits per heavy atom. The Kier molecular flexibility index (Phi) is 5.37. The average Bonchev–Trinajstić information content (AvgIpc) is 3.43. The highest BCUT2D eigenvalue weighted by atomic mass is 16.3. The van der Waals surface area contributed by atoms with Crippen LogP contribution >= 0.6 is 0 Å². The van der Waals surface area contributed by atoms with E-state index in [1.165, 1.54) is 12.8 Å². The minimum Gasteiger partial charge on any atom is -0.393 e. The van der Waals surface area contributed by atoms with E-state index in [0.717, 1.165) is 38.2 Å². The molecule has 1 aromatic rings. The van der Waals surface area contributed by atoms with Gasteiger partial charge in [0.2, 0.25) is 0 Å². The summed E-state index contributed by atoms with van der Waals surface area (Å²) >= 11 is 0. The van der Waals surface area contributed by atoms with Gasteiger partial charge in [0.05, 0.1) is 18.6 Å². The second-order valence-corrected chi connectivity index (χ2v) is 6.87. The third-order valence-corrected chi connectivity index (χ3v) is 4.90. The Morgan fingerprint density at radius 1 is 1.21 bits per heavy atom. The van der Waals surface area contributed by atoms with Gasteiger partial charge in [0.15, 0.2) is 0 Å². The van der Waals surface area contributed by atoms with Crippen LogP contribution in [0.5, 0.6) is 0 Å². The SMILES string of the molecule is N#CCCN(CC1CC1)C(=O)c1ccc(N2CCC(O)CC2)cc1. The monoisotopic (exact) mass is 327 g/mol. The van der Waals surface area contributed by atoms with Gasteiger partial charge in [-0.05, 0) is 55.9 Å².